The van der Waals surface area contributed by atoms with Crippen molar-refractivity contribution in [2.75, 3.05) is 46.8 Å². The Kier molecular flexibility index (Phi) is 5.61. The molecule has 0 aromatic heterocycles. The molecule has 2 aliphatic rings. The Hall–Kier alpha value is -1.95. The quantitative estimate of drug-likeness (QED) is 0.821. The summed E-state index contributed by atoms with van der Waals surface area (Å²) in [6.45, 7) is 3.82. The van der Waals surface area contributed by atoms with Crippen LogP contribution in [0, 0.1) is 11.2 Å². The van der Waals surface area contributed by atoms with Crippen molar-refractivity contribution in [3.05, 3.63) is 35.6 Å². The SMILES string of the molecule is CN(C)C(=O)CN1CCCC2(CCN(C(=O)Cc3ccc(F)cc3)C2)C1. The van der Waals surface area contributed by atoms with Crippen LogP contribution in [0.1, 0.15) is 24.8 Å². The van der Waals surface area contributed by atoms with Gasteiger partial charge in [-0.3, -0.25) is 14.5 Å². The number of hydrogen-bond donors (Lipinski definition) is 0. The van der Waals surface area contributed by atoms with Gasteiger partial charge in [-0.15, -0.1) is 0 Å². The molecule has 1 aromatic carbocycles. The molecule has 5 nitrogen and oxygen atoms in total. The average molecular weight is 361 g/mol. The Balaban J connectivity index is 1.57. The molecule has 1 atom stereocenters. The van der Waals surface area contributed by atoms with E-state index in [1.54, 1.807) is 31.1 Å². The highest BCUT2D eigenvalue weighted by Crippen LogP contribution is 2.39. The number of benzene rings is 1. The van der Waals surface area contributed by atoms with Crippen molar-refractivity contribution in [3.8, 4) is 0 Å². The standard InChI is InChI=1S/C20H28FN3O2/c1-22(2)19(26)13-23-10-3-8-20(14-23)9-11-24(15-20)18(25)12-16-4-6-17(21)7-5-16/h4-7H,3,8-15H2,1-2H3. The zero-order valence-electron chi connectivity index (χ0n) is 15.7. The number of halogens is 1. The van der Waals surface area contributed by atoms with Gasteiger partial charge in [0.1, 0.15) is 5.82 Å². The van der Waals surface area contributed by atoms with Gasteiger partial charge in [-0.2, -0.15) is 0 Å². The lowest BCUT2D eigenvalue weighted by atomic mass is 9.79. The number of piperidine rings is 1. The zero-order valence-corrected chi connectivity index (χ0v) is 15.7. The summed E-state index contributed by atoms with van der Waals surface area (Å²) in [5, 5.41) is 0. The molecule has 0 bridgehead atoms. The van der Waals surface area contributed by atoms with Crippen LogP contribution in [0.2, 0.25) is 0 Å². The fraction of sp³-hybridized carbons (Fsp3) is 0.600. The van der Waals surface area contributed by atoms with Crippen LogP contribution in [-0.4, -0.2) is 73.3 Å². The van der Waals surface area contributed by atoms with Gasteiger partial charge in [-0.05, 0) is 43.5 Å². The van der Waals surface area contributed by atoms with Crippen LogP contribution in [-0.2, 0) is 16.0 Å². The molecule has 142 valence electrons. The molecular formula is C20H28FN3O2. The Labute approximate surface area is 154 Å². The summed E-state index contributed by atoms with van der Waals surface area (Å²) in [6, 6.07) is 6.15. The second-order valence-corrected chi connectivity index (χ2v) is 7.97. The molecule has 26 heavy (non-hydrogen) atoms. The van der Waals surface area contributed by atoms with Gasteiger partial charge in [0.25, 0.3) is 0 Å². The van der Waals surface area contributed by atoms with Crippen molar-refractivity contribution in [2.45, 2.75) is 25.7 Å². The van der Waals surface area contributed by atoms with Crippen molar-refractivity contribution in [2.24, 2.45) is 5.41 Å². The zero-order chi connectivity index (χ0) is 18.7. The minimum Gasteiger partial charge on any atom is -0.348 e. The molecule has 6 heteroatoms. The van der Waals surface area contributed by atoms with Crippen LogP contribution in [0.5, 0.6) is 0 Å². The summed E-state index contributed by atoms with van der Waals surface area (Å²) in [5.41, 5.74) is 0.961. The highest BCUT2D eigenvalue weighted by molar-refractivity contribution is 5.79. The minimum absolute atomic E-state index is 0.106. The van der Waals surface area contributed by atoms with Crippen molar-refractivity contribution in [1.82, 2.24) is 14.7 Å². The summed E-state index contributed by atoms with van der Waals surface area (Å²) in [6.07, 6.45) is 3.49. The maximum absolute atomic E-state index is 13.0. The van der Waals surface area contributed by atoms with E-state index in [2.05, 4.69) is 4.90 Å². The lowest BCUT2D eigenvalue weighted by Crippen LogP contribution is -2.48. The summed E-state index contributed by atoms with van der Waals surface area (Å²) < 4.78 is 13.0. The number of hydrogen-bond acceptors (Lipinski definition) is 3. The molecule has 1 spiro atoms. The first-order valence-corrected chi connectivity index (χ1v) is 9.32. The van der Waals surface area contributed by atoms with Gasteiger partial charge in [0.15, 0.2) is 0 Å². The molecule has 2 fully saturated rings. The molecule has 2 saturated heterocycles. The lowest BCUT2D eigenvalue weighted by Gasteiger charge is -2.40. The van der Waals surface area contributed by atoms with Crippen molar-refractivity contribution in [1.29, 1.82) is 0 Å². The molecule has 0 saturated carbocycles. The van der Waals surface area contributed by atoms with Gasteiger partial charge in [-0.25, -0.2) is 4.39 Å². The Bertz CT molecular complexity index is 662. The van der Waals surface area contributed by atoms with Gasteiger partial charge in [-0.1, -0.05) is 12.1 Å². The molecule has 1 unspecified atom stereocenters. The van der Waals surface area contributed by atoms with Crippen LogP contribution >= 0.6 is 0 Å². The summed E-state index contributed by atoms with van der Waals surface area (Å²) >= 11 is 0. The lowest BCUT2D eigenvalue weighted by molar-refractivity contribution is -0.132. The van der Waals surface area contributed by atoms with E-state index in [-0.39, 0.29) is 23.0 Å². The molecule has 3 rings (SSSR count). The van der Waals surface area contributed by atoms with E-state index in [1.807, 2.05) is 4.90 Å². The van der Waals surface area contributed by atoms with Crippen LogP contribution in [0.4, 0.5) is 4.39 Å². The van der Waals surface area contributed by atoms with Crippen LogP contribution in [0.3, 0.4) is 0 Å². The third-order valence-corrected chi connectivity index (χ3v) is 5.66. The van der Waals surface area contributed by atoms with Gasteiger partial charge >= 0.3 is 0 Å². The number of likely N-dealkylation sites (tertiary alicyclic amines) is 2. The molecule has 0 N–H and O–H groups in total. The molecule has 1 aromatic rings. The average Bonchev–Trinajstić information content (AvgIpc) is 3.00. The van der Waals surface area contributed by atoms with Crippen LogP contribution < -0.4 is 0 Å². The van der Waals surface area contributed by atoms with Crippen LogP contribution in [0.25, 0.3) is 0 Å². The number of nitrogens with zero attached hydrogens (tertiary/aromatic N) is 3. The number of carbonyl (C=O) groups is 2. The molecule has 0 radical (unpaired) electrons. The van der Waals surface area contributed by atoms with E-state index in [0.29, 0.717) is 13.0 Å². The molecule has 2 heterocycles. The van der Waals surface area contributed by atoms with Gasteiger partial charge in [0, 0.05) is 39.1 Å². The monoisotopic (exact) mass is 361 g/mol. The fourth-order valence-electron chi connectivity index (χ4n) is 4.15. The maximum Gasteiger partial charge on any atom is 0.236 e. The first-order valence-electron chi connectivity index (χ1n) is 9.32. The maximum atomic E-state index is 13.0. The molecule has 2 aliphatic heterocycles. The Morgan fingerprint density at radius 1 is 1.12 bits per heavy atom. The second-order valence-electron chi connectivity index (χ2n) is 7.97. The van der Waals surface area contributed by atoms with E-state index < -0.39 is 0 Å². The van der Waals surface area contributed by atoms with Crippen molar-refractivity contribution >= 4 is 11.8 Å². The Morgan fingerprint density at radius 3 is 2.54 bits per heavy atom. The largest absolute Gasteiger partial charge is 0.348 e. The predicted molar refractivity (Wildman–Crippen MR) is 98.1 cm³/mol. The van der Waals surface area contributed by atoms with E-state index >= 15 is 0 Å². The Morgan fingerprint density at radius 2 is 1.85 bits per heavy atom. The number of rotatable bonds is 4. The van der Waals surface area contributed by atoms with E-state index in [1.165, 1.54) is 12.1 Å². The first kappa shape index (κ1) is 18.8. The minimum atomic E-state index is -0.282. The van der Waals surface area contributed by atoms with Crippen molar-refractivity contribution < 1.29 is 14.0 Å². The molecule has 2 amide bonds. The predicted octanol–water partition coefficient (Wildman–Crippen LogP) is 1.77. The summed E-state index contributed by atoms with van der Waals surface area (Å²) in [4.78, 5) is 30.5. The summed E-state index contributed by atoms with van der Waals surface area (Å²) in [7, 11) is 3.57. The van der Waals surface area contributed by atoms with Crippen molar-refractivity contribution in [3.63, 3.8) is 0 Å². The second kappa shape index (κ2) is 7.74. The number of carbonyl (C=O) groups excluding carboxylic acids is 2. The number of likely N-dealkylation sites (N-methyl/N-ethyl adjacent to an activating group) is 1. The highest BCUT2D eigenvalue weighted by Gasteiger charge is 2.42. The van der Waals surface area contributed by atoms with Gasteiger partial charge < -0.3 is 9.80 Å². The van der Waals surface area contributed by atoms with Gasteiger partial charge in [0.05, 0.1) is 13.0 Å². The fourth-order valence-corrected chi connectivity index (χ4v) is 4.15. The molecule has 0 aliphatic carbocycles. The van der Waals surface area contributed by atoms with E-state index in [0.717, 1.165) is 51.0 Å². The summed E-state index contributed by atoms with van der Waals surface area (Å²) in [5.74, 6) is -0.0462. The van der Waals surface area contributed by atoms with Crippen LogP contribution in [0.15, 0.2) is 24.3 Å². The smallest absolute Gasteiger partial charge is 0.236 e. The number of amides is 2. The third kappa shape index (κ3) is 4.41. The van der Waals surface area contributed by atoms with E-state index in [9.17, 15) is 14.0 Å². The third-order valence-electron chi connectivity index (χ3n) is 5.66. The van der Waals surface area contributed by atoms with E-state index in [4.69, 9.17) is 0 Å². The highest BCUT2D eigenvalue weighted by atomic mass is 19.1. The van der Waals surface area contributed by atoms with Gasteiger partial charge in [0.2, 0.25) is 11.8 Å². The molecular weight excluding hydrogens is 333 g/mol. The first-order chi connectivity index (χ1) is 12.4. The normalized spacial score (nSPS) is 23.4. The topological polar surface area (TPSA) is 43.9 Å².